The summed E-state index contributed by atoms with van der Waals surface area (Å²) in [4.78, 5) is 36.2. The second-order valence-electron chi connectivity index (χ2n) is 6.41. The number of halogens is 1. The molecule has 0 bridgehead atoms. The highest BCUT2D eigenvalue weighted by atomic mass is 35.5. The van der Waals surface area contributed by atoms with Crippen LogP contribution < -0.4 is 0 Å². The molecule has 140 valence electrons. The summed E-state index contributed by atoms with van der Waals surface area (Å²) in [6.45, 7) is 4.31. The van der Waals surface area contributed by atoms with Gasteiger partial charge in [-0.25, -0.2) is 4.90 Å². The quantitative estimate of drug-likeness (QED) is 0.211. The van der Waals surface area contributed by atoms with Crippen molar-refractivity contribution in [2.24, 2.45) is 0 Å². The van der Waals surface area contributed by atoms with Crippen molar-refractivity contribution in [1.82, 2.24) is 4.90 Å². The van der Waals surface area contributed by atoms with Gasteiger partial charge in [0.15, 0.2) is 0 Å². The minimum atomic E-state index is -0.970. The third kappa shape index (κ3) is 11.6. The Balaban J connectivity index is 4.05. The van der Waals surface area contributed by atoms with Crippen LogP contribution in [-0.2, 0) is 9.59 Å². The highest BCUT2D eigenvalue weighted by Crippen LogP contribution is 2.13. The summed E-state index contributed by atoms with van der Waals surface area (Å²) in [7, 11) is 0. The lowest BCUT2D eigenvalue weighted by Gasteiger charge is -2.16. The van der Waals surface area contributed by atoms with E-state index in [1.165, 1.54) is 38.5 Å². The maximum Gasteiger partial charge on any atom is 0.329 e. The van der Waals surface area contributed by atoms with Gasteiger partial charge < -0.3 is 0 Å². The summed E-state index contributed by atoms with van der Waals surface area (Å²) in [5, 5.41) is -0.970. The smallest absolute Gasteiger partial charge is 0.274 e. The number of nitrogens with zero attached hydrogens (tertiary/aromatic N) is 1. The van der Waals surface area contributed by atoms with E-state index in [9.17, 15) is 14.4 Å². The minimum absolute atomic E-state index is 0.215. The number of amides is 3. The summed E-state index contributed by atoms with van der Waals surface area (Å²) >= 11 is 5.44. The van der Waals surface area contributed by atoms with E-state index in [0.29, 0.717) is 17.7 Å². The predicted octanol–water partition coefficient (Wildman–Crippen LogP) is 6.20. The number of carbonyl (C=O) groups excluding carboxylic acids is 3. The van der Waals surface area contributed by atoms with Gasteiger partial charge in [0.25, 0.3) is 0 Å². The van der Waals surface area contributed by atoms with Crippen LogP contribution in [0, 0.1) is 0 Å². The molecule has 0 rings (SSSR count). The Morgan fingerprint density at radius 1 is 0.625 bits per heavy atom. The Kier molecular flexibility index (Phi) is 15.0. The third-order valence-corrected chi connectivity index (χ3v) is 4.33. The average Bonchev–Trinajstić information content (AvgIpc) is 2.53. The van der Waals surface area contributed by atoms with Crippen molar-refractivity contribution in [2.75, 3.05) is 0 Å². The molecular formula is C19H34ClNO3. The molecule has 0 fully saturated rings. The van der Waals surface area contributed by atoms with E-state index in [1.807, 2.05) is 0 Å². The Morgan fingerprint density at radius 2 is 0.958 bits per heavy atom. The van der Waals surface area contributed by atoms with Crippen LogP contribution in [0.5, 0.6) is 0 Å². The molecule has 0 heterocycles. The zero-order valence-electron chi connectivity index (χ0n) is 15.4. The van der Waals surface area contributed by atoms with E-state index in [4.69, 9.17) is 11.6 Å². The van der Waals surface area contributed by atoms with E-state index in [2.05, 4.69) is 13.8 Å². The number of carbonyl (C=O) groups is 3. The minimum Gasteiger partial charge on any atom is -0.274 e. The van der Waals surface area contributed by atoms with Crippen molar-refractivity contribution in [3.8, 4) is 0 Å². The largest absolute Gasteiger partial charge is 0.329 e. The number of imide groups is 3. The second-order valence-corrected chi connectivity index (χ2v) is 6.73. The van der Waals surface area contributed by atoms with Crippen molar-refractivity contribution in [1.29, 1.82) is 0 Å². The van der Waals surface area contributed by atoms with Crippen molar-refractivity contribution in [2.45, 2.75) is 104 Å². The van der Waals surface area contributed by atoms with E-state index < -0.39 is 17.2 Å². The fourth-order valence-corrected chi connectivity index (χ4v) is 2.86. The monoisotopic (exact) mass is 359 g/mol. The number of rotatable bonds is 14. The molecule has 0 radical (unpaired) electrons. The van der Waals surface area contributed by atoms with Crippen LogP contribution in [0.15, 0.2) is 0 Å². The van der Waals surface area contributed by atoms with E-state index in [0.717, 1.165) is 25.7 Å². The van der Waals surface area contributed by atoms with Gasteiger partial charge in [0.05, 0.1) is 0 Å². The van der Waals surface area contributed by atoms with Crippen molar-refractivity contribution in [3.05, 3.63) is 0 Å². The summed E-state index contributed by atoms with van der Waals surface area (Å²) in [6.07, 6.45) is 13.0. The lowest BCUT2D eigenvalue weighted by molar-refractivity contribution is -0.140. The highest BCUT2D eigenvalue weighted by Gasteiger charge is 2.26. The van der Waals surface area contributed by atoms with Crippen LogP contribution in [-0.4, -0.2) is 22.1 Å². The normalized spacial score (nSPS) is 10.6. The van der Waals surface area contributed by atoms with Crippen molar-refractivity contribution >= 4 is 28.8 Å². The maximum absolute atomic E-state index is 12.1. The fourth-order valence-electron chi connectivity index (χ4n) is 2.67. The number of hydrogen-bond acceptors (Lipinski definition) is 3. The van der Waals surface area contributed by atoms with Gasteiger partial charge in [-0.3, -0.25) is 14.4 Å². The van der Waals surface area contributed by atoms with Crippen LogP contribution in [0.4, 0.5) is 4.79 Å². The molecule has 0 aliphatic heterocycles. The zero-order chi connectivity index (χ0) is 18.2. The first-order valence-corrected chi connectivity index (χ1v) is 9.97. The molecule has 0 spiro atoms. The molecule has 0 N–H and O–H groups in total. The van der Waals surface area contributed by atoms with Crippen molar-refractivity contribution in [3.63, 3.8) is 0 Å². The summed E-state index contributed by atoms with van der Waals surface area (Å²) in [5.41, 5.74) is 0. The van der Waals surface area contributed by atoms with Gasteiger partial charge in [0, 0.05) is 12.8 Å². The van der Waals surface area contributed by atoms with Crippen LogP contribution >= 0.6 is 11.6 Å². The molecule has 0 atom stereocenters. The molecule has 0 unspecified atom stereocenters. The lowest BCUT2D eigenvalue weighted by Crippen LogP contribution is -2.38. The molecule has 0 aliphatic carbocycles. The topological polar surface area (TPSA) is 54.5 Å². The number of unbranched alkanes of at least 4 members (excludes halogenated alkanes) is 10. The third-order valence-electron chi connectivity index (χ3n) is 4.16. The van der Waals surface area contributed by atoms with Crippen LogP contribution in [0.2, 0.25) is 0 Å². The summed E-state index contributed by atoms with van der Waals surface area (Å²) in [5.74, 6) is -0.914. The molecule has 0 saturated heterocycles. The molecule has 0 aromatic heterocycles. The molecular weight excluding hydrogens is 326 g/mol. The molecule has 4 nitrogen and oxygen atoms in total. The maximum atomic E-state index is 12.1. The molecule has 5 heteroatoms. The second kappa shape index (κ2) is 15.6. The Hall–Kier alpha value is -0.900. The molecule has 0 aliphatic rings. The Bertz CT molecular complexity index is 344. The molecule has 3 amide bonds. The fraction of sp³-hybridized carbons (Fsp3) is 0.842. The van der Waals surface area contributed by atoms with E-state index in [-0.39, 0.29) is 12.8 Å². The van der Waals surface area contributed by atoms with Crippen LogP contribution in [0.25, 0.3) is 0 Å². The van der Waals surface area contributed by atoms with Crippen LogP contribution in [0.1, 0.15) is 104 Å². The van der Waals surface area contributed by atoms with Gasteiger partial charge in [-0.05, 0) is 24.4 Å². The van der Waals surface area contributed by atoms with Gasteiger partial charge in [0.1, 0.15) is 0 Å². The van der Waals surface area contributed by atoms with Gasteiger partial charge in [-0.1, -0.05) is 78.1 Å². The first kappa shape index (κ1) is 23.1. The molecule has 0 aromatic carbocycles. The number of hydrogen-bond donors (Lipinski definition) is 0. The summed E-state index contributed by atoms with van der Waals surface area (Å²) in [6, 6.07) is 0. The molecule has 24 heavy (non-hydrogen) atoms. The van der Waals surface area contributed by atoms with Gasteiger partial charge in [0.2, 0.25) is 11.8 Å². The van der Waals surface area contributed by atoms with Gasteiger partial charge >= 0.3 is 5.37 Å². The van der Waals surface area contributed by atoms with Crippen molar-refractivity contribution < 1.29 is 14.4 Å². The SMILES string of the molecule is CCCCCCCCC(=O)N(C(=O)Cl)C(=O)CCCCCCCC. The Morgan fingerprint density at radius 3 is 1.29 bits per heavy atom. The summed E-state index contributed by atoms with van der Waals surface area (Å²) < 4.78 is 0. The molecule has 0 aromatic rings. The molecule has 0 saturated carbocycles. The highest BCUT2D eigenvalue weighted by molar-refractivity contribution is 6.65. The standard InChI is InChI=1S/C19H34ClNO3/c1-3-5-7-9-11-13-15-17(22)21(19(20)24)18(23)16-14-12-10-8-6-4-2/h3-16H2,1-2H3. The lowest BCUT2D eigenvalue weighted by atomic mass is 10.1. The zero-order valence-corrected chi connectivity index (χ0v) is 16.2. The van der Waals surface area contributed by atoms with E-state index in [1.54, 1.807) is 0 Å². The van der Waals surface area contributed by atoms with E-state index >= 15 is 0 Å². The van der Waals surface area contributed by atoms with Gasteiger partial charge in [-0.2, -0.15) is 0 Å². The Labute approximate surface area is 152 Å². The first-order chi connectivity index (χ1) is 11.5. The van der Waals surface area contributed by atoms with Gasteiger partial charge in [-0.15, -0.1) is 0 Å². The average molecular weight is 360 g/mol. The predicted molar refractivity (Wildman–Crippen MR) is 99.1 cm³/mol. The first-order valence-electron chi connectivity index (χ1n) is 9.59. The van der Waals surface area contributed by atoms with Crippen LogP contribution in [0.3, 0.4) is 0 Å².